The summed E-state index contributed by atoms with van der Waals surface area (Å²) in [6, 6.07) is 29.5. The van der Waals surface area contributed by atoms with Gasteiger partial charge in [-0.15, -0.1) is 0 Å². The first-order valence-corrected chi connectivity index (χ1v) is 7.83. The molecule has 0 unspecified atom stereocenters. The number of benzene rings is 3. The van der Waals surface area contributed by atoms with Crippen molar-refractivity contribution in [1.29, 1.82) is 0 Å². The number of nitrogens with zero attached hydrogens (tertiary/aromatic N) is 1. The predicted octanol–water partition coefficient (Wildman–Crippen LogP) is 5.88. The number of fused-ring (bicyclic) bond motifs is 1. The van der Waals surface area contributed by atoms with Crippen LogP contribution in [0.2, 0.25) is 0 Å². The van der Waals surface area contributed by atoms with Crippen molar-refractivity contribution >= 4 is 10.8 Å². The third-order valence-electron chi connectivity index (χ3n) is 4.10. The topological polar surface area (TPSA) is 12.9 Å². The molecule has 0 amide bonds. The number of pyridine rings is 1. The van der Waals surface area contributed by atoms with Crippen LogP contribution in [0.4, 0.5) is 0 Å². The number of hydrogen-bond donors (Lipinski definition) is 0. The SMILES string of the molecule is Cc1cccc(-c2cc3ccccc3c(-c3ccccc3)n2)c1. The molecular weight excluding hydrogens is 278 g/mol. The maximum Gasteiger partial charge on any atom is 0.0787 e. The predicted molar refractivity (Wildman–Crippen MR) is 97.4 cm³/mol. The molecule has 0 saturated carbocycles. The quantitative estimate of drug-likeness (QED) is 0.450. The minimum Gasteiger partial charge on any atom is -0.247 e. The second kappa shape index (κ2) is 5.69. The summed E-state index contributed by atoms with van der Waals surface area (Å²) in [5.74, 6) is 0. The van der Waals surface area contributed by atoms with E-state index in [1.54, 1.807) is 0 Å². The van der Waals surface area contributed by atoms with Gasteiger partial charge in [-0.3, -0.25) is 0 Å². The minimum absolute atomic E-state index is 1.02. The van der Waals surface area contributed by atoms with Crippen molar-refractivity contribution in [2.45, 2.75) is 6.92 Å². The number of aryl methyl sites for hydroxylation is 1. The highest BCUT2D eigenvalue weighted by Crippen LogP contribution is 2.31. The fourth-order valence-corrected chi connectivity index (χ4v) is 2.97. The van der Waals surface area contributed by atoms with E-state index in [2.05, 4.69) is 85.8 Å². The summed E-state index contributed by atoms with van der Waals surface area (Å²) in [7, 11) is 0. The minimum atomic E-state index is 1.02. The van der Waals surface area contributed by atoms with Gasteiger partial charge < -0.3 is 0 Å². The van der Waals surface area contributed by atoms with E-state index in [-0.39, 0.29) is 0 Å². The van der Waals surface area contributed by atoms with Gasteiger partial charge in [0.2, 0.25) is 0 Å². The van der Waals surface area contributed by atoms with Crippen LogP contribution in [0.15, 0.2) is 84.9 Å². The third-order valence-corrected chi connectivity index (χ3v) is 4.10. The van der Waals surface area contributed by atoms with Gasteiger partial charge in [-0.1, -0.05) is 78.4 Å². The maximum atomic E-state index is 4.98. The van der Waals surface area contributed by atoms with Crippen molar-refractivity contribution < 1.29 is 0 Å². The normalized spacial score (nSPS) is 10.8. The van der Waals surface area contributed by atoms with Gasteiger partial charge in [0.15, 0.2) is 0 Å². The number of hydrogen-bond acceptors (Lipinski definition) is 1. The molecule has 0 N–H and O–H groups in total. The Bertz CT molecular complexity index is 971. The van der Waals surface area contributed by atoms with Crippen LogP contribution >= 0.6 is 0 Å². The van der Waals surface area contributed by atoms with Crippen molar-refractivity contribution in [2.24, 2.45) is 0 Å². The summed E-state index contributed by atoms with van der Waals surface area (Å²) >= 11 is 0. The summed E-state index contributed by atoms with van der Waals surface area (Å²) < 4.78 is 0. The van der Waals surface area contributed by atoms with E-state index in [1.807, 2.05) is 6.07 Å². The van der Waals surface area contributed by atoms with Gasteiger partial charge in [0.25, 0.3) is 0 Å². The molecule has 0 bridgehead atoms. The van der Waals surface area contributed by atoms with Gasteiger partial charge >= 0.3 is 0 Å². The van der Waals surface area contributed by atoms with Gasteiger partial charge in [-0.05, 0) is 24.4 Å². The fourth-order valence-electron chi connectivity index (χ4n) is 2.97. The molecule has 0 radical (unpaired) electrons. The molecule has 4 aromatic rings. The van der Waals surface area contributed by atoms with E-state index in [1.165, 1.54) is 16.3 Å². The van der Waals surface area contributed by atoms with E-state index in [0.717, 1.165) is 22.5 Å². The zero-order valence-corrected chi connectivity index (χ0v) is 13.0. The van der Waals surface area contributed by atoms with Gasteiger partial charge in [0.1, 0.15) is 0 Å². The molecule has 1 heterocycles. The molecule has 0 aliphatic rings. The monoisotopic (exact) mass is 295 g/mol. The molecule has 4 rings (SSSR count). The Morgan fingerprint density at radius 3 is 2.22 bits per heavy atom. The summed E-state index contributed by atoms with van der Waals surface area (Å²) in [5, 5.41) is 2.41. The zero-order chi connectivity index (χ0) is 15.6. The largest absolute Gasteiger partial charge is 0.247 e. The third kappa shape index (κ3) is 2.62. The van der Waals surface area contributed by atoms with Crippen LogP contribution < -0.4 is 0 Å². The summed E-state index contributed by atoms with van der Waals surface area (Å²) in [4.78, 5) is 4.98. The van der Waals surface area contributed by atoms with Crippen LogP contribution in [0.3, 0.4) is 0 Å². The van der Waals surface area contributed by atoms with E-state index in [4.69, 9.17) is 4.98 Å². The van der Waals surface area contributed by atoms with Crippen LogP contribution in [0, 0.1) is 6.92 Å². The van der Waals surface area contributed by atoms with Crippen LogP contribution in [0.5, 0.6) is 0 Å². The Hall–Kier alpha value is -2.93. The Morgan fingerprint density at radius 1 is 0.652 bits per heavy atom. The molecule has 23 heavy (non-hydrogen) atoms. The first-order valence-electron chi connectivity index (χ1n) is 7.83. The second-order valence-corrected chi connectivity index (χ2v) is 5.81. The molecule has 1 nitrogen and oxygen atoms in total. The molecule has 0 atom stereocenters. The zero-order valence-electron chi connectivity index (χ0n) is 13.0. The van der Waals surface area contributed by atoms with Crippen molar-refractivity contribution in [3.8, 4) is 22.5 Å². The van der Waals surface area contributed by atoms with Crippen molar-refractivity contribution in [2.75, 3.05) is 0 Å². The van der Waals surface area contributed by atoms with Crippen molar-refractivity contribution in [3.63, 3.8) is 0 Å². The molecule has 0 saturated heterocycles. The molecule has 0 fully saturated rings. The molecule has 0 aliphatic heterocycles. The number of aromatic nitrogens is 1. The maximum absolute atomic E-state index is 4.98. The van der Waals surface area contributed by atoms with E-state index >= 15 is 0 Å². The lowest BCUT2D eigenvalue weighted by atomic mass is 10.0. The molecule has 1 aromatic heterocycles. The van der Waals surface area contributed by atoms with Gasteiger partial charge in [0.05, 0.1) is 11.4 Å². The van der Waals surface area contributed by atoms with Crippen LogP contribution in [-0.4, -0.2) is 4.98 Å². The van der Waals surface area contributed by atoms with Gasteiger partial charge in [-0.25, -0.2) is 4.98 Å². The summed E-state index contributed by atoms with van der Waals surface area (Å²) in [5.41, 5.74) is 5.62. The van der Waals surface area contributed by atoms with Crippen LogP contribution in [-0.2, 0) is 0 Å². The number of rotatable bonds is 2. The molecular formula is C22H17N. The second-order valence-electron chi connectivity index (χ2n) is 5.81. The Balaban J connectivity index is 2.01. The van der Waals surface area contributed by atoms with Crippen molar-refractivity contribution in [1.82, 2.24) is 4.98 Å². The fraction of sp³-hybridized carbons (Fsp3) is 0.0455. The van der Waals surface area contributed by atoms with E-state index in [0.29, 0.717) is 0 Å². The molecule has 0 aliphatic carbocycles. The van der Waals surface area contributed by atoms with Gasteiger partial charge in [-0.2, -0.15) is 0 Å². The molecule has 3 aromatic carbocycles. The van der Waals surface area contributed by atoms with Gasteiger partial charge in [0, 0.05) is 16.5 Å². The van der Waals surface area contributed by atoms with E-state index in [9.17, 15) is 0 Å². The average Bonchev–Trinajstić information content (AvgIpc) is 2.61. The first kappa shape index (κ1) is 13.7. The summed E-state index contributed by atoms with van der Waals surface area (Å²) in [6.45, 7) is 2.11. The van der Waals surface area contributed by atoms with Crippen molar-refractivity contribution in [3.05, 3.63) is 90.5 Å². The average molecular weight is 295 g/mol. The molecule has 110 valence electrons. The lowest BCUT2D eigenvalue weighted by Crippen LogP contribution is -1.91. The highest BCUT2D eigenvalue weighted by Gasteiger charge is 2.09. The smallest absolute Gasteiger partial charge is 0.0787 e. The van der Waals surface area contributed by atoms with Crippen LogP contribution in [0.25, 0.3) is 33.3 Å². The summed E-state index contributed by atoms with van der Waals surface area (Å²) in [6.07, 6.45) is 0. The molecule has 1 heteroatoms. The van der Waals surface area contributed by atoms with E-state index < -0.39 is 0 Å². The lowest BCUT2D eigenvalue weighted by Gasteiger charge is -2.10. The Morgan fingerprint density at radius 2 is 1.39 bits per heavy atom. The molecule has 0 spiro atoms. The standard InChI is InChI=1S/C22H17N/c1-16-8-7-12-19(14-16)21-15-18-11-5-6-13-20(18)22(23-21)17-9-3-2-4-10-17/h2-15H,1H3. The highest BCUT2D eigenvalue weighted by atomic mass is 14.7. The Labute approximate surface area is 136 Å². The van der Waals surface area contributed by atoms with Crippen LogP contribution in [0.1, 0.15) is 5.56 Å². The highest BCUT2D eigenvalue weighted by molar-refractivity contribution is 5.96. The first-order chi connectivity index (χ1) is 11.3. The lowest BCUT2D eigenvalue weighted by molar-refractivity contribution is 1.34. The Kier molecular flexibility index (Phi) is 3.39.